The van der Waals surface area contributed by atoms with Gasteiger partial charge >= 0.3 is 5.97 Å². The van der Waals surface area contributed by atoms with Crippen LogP contribution in [0.2, 0.25) is 0 Å². The van der Waals surface area contributed by atoms with E-state index < -0.39 is 5.97 Å². The van der Waals surface area contributed by atoms with Gasteiger partial charge in [-0.3, -0.25) is 4.90 Å². The smallest absolute Gasteiger partial charge is 0.335 e. The molecule has 2 fully saturated rings. The zero-order valence-electron chi connectivity index (χ0n) is 11.1. The molecular formula is C14H19N3O2. The third-order valence-corrected chi connectivity index (χ3v) is 3.84. The average Bonchev–Trinajstić information content (AvgIpc) is 3.10. The molecule has 2 heterocycles. The fourth-order valence-electron chi connectivity index (χ4n) is 2.75. The fraction of sp³-hybridized carbons (Fsp3) is 0.571. The number of pyridine rings is 1. The zero-order chi connectivity index (χ0) is 13.4. The summed E-state index contributed by atoms with van der Waals surface area (Å²) < 4.78 is 0. The second-order valence-corrected chi connectivity index (χ2v) is 5.54. The zero-order valence-corrected chi connectivity index (χ0v) is 11.1. The van der Waals surface area contributed by atoms with Crippen molar-refractivity contribution in [2.24, 2.45) is 0 Å². The first kappa shape index (κ1) is 12.4. The molecule has 1 unspecified atom stereocenters. The van der Waals surface area contributed by atoms with E-state index in [1.165, 1.54) is 12.8 Å². The standard InChI is InChI=1S/C14H19N3O2/c1-9-6-10(14(18)19)7-13(15-9)16-11-4-5-17(8-11)12-2-3-12/h6-7,11-12H,2-5,8H2,1H3,(H,15,16)(H,18,19). The molecule has 3 rings (SSSR count). The van der Waals surface area contributed by atoms with Crippen LogP contribution in [0.5, 0.6) is 0 Å². The first-order valence-corrected chi connectivity index (χ1v) is 6.84. The van der Waals surface area contributed by atoms with E-state index in [0.717, 1.165) is 31.2 Å². The Bertz CT molecular complexity index is 499. The van der Waals surface area contributed by atoms with Crippen molar-refractivity contribution < 1.29 is 9.90 Å². The molecule has 0 aromatic carbocycles. The quantitative estimate of drug-likeness (QED) is 0.864. The minimum atomic E-state index is -0.903. The molecule has 102 valence electrons. The Balaban J connectivity index is 1.67. The maximum Gasteiger partial charge on any atom is 0.335 e. The maximum atomic E-state index is 11.0. The molecule has 0 spiro atoms. The lowest BCUT2D eigenvalue weighted by Crippen LogP contribution is -2.28. The molecule has 0 bridgehead atoms. The first-order valence-electron chi connectivity index (χ1n) is 6.84. The summed E-state index contributed by atoms with van der Waals surface area (Å²) in [6, 6.07) is 4.40. The second-order valence-electron chi connectivity index (χ2n) is 5.54. The number of hydrogen-bond acceptors (Lipinski definition) is 4. The Morgan fingerprint density at radius 2 is 2.21 bits per heavy atom. The number of hydrogen-bond donors (Lipinski definition) is 2. The van der Waals surface area contributed by atoms with Gasteiger partial charge in [0.2, 0.25) is 0 Å². The summed E-state index contributed by atoms with van der Waals surface area (Å²) in [6.07, 6.45) is 3.77. The van der Waals surface area contributed by atoms with Crippen molar-refractivity contribution in [2.75, 3.05) is 18.4 Å². The summed E-state index contributed by atoms with van der Waals surface area (Å²) >= 11 is 0. The molecule has 1 atom stereocenters. The van der Waals surface area contributed by atoms with Crippen molar-refractivity contribution in [2.45, 2.75) is 38.3 Å². The minimum absolute atomic E-state index is 0.298. The number of carboxylic acid groups (broad SMARTS) is 1. The number of rotatable bonds is 4. The van der Waals surface area contributed by atoms with E-state index in [1.807, 2.05) is 6.92 Å². The molecule has 0 radical (unpaired) electrons. The van der Waals surface area contributed by atoms with E-state index in [-0.39, 0.29) is 0 Å². The van der Waals surface area contributed by atoms with E-state index in [1.54, 1.807) is 12.1 Å². The molecule has 0 amide bonds. The largest absolute Gasteiger partial charge is 0.478 e. The van der Waals surface area contributed by atoms with Crippen molar-refractivity contribution in [1.29, 1.82) is 0 Å². The predicted octanol–water partition coefficient (Wildman–Crippen LogP) is 1.74. The molecule has 2 aliphatic rings. The third-order valence-electron chi connectivity index (χ3n) is 3.84. The summed E-state index contributed by atoms with van der Waals surface area (Å²) in [6.45, 7) is 4.01. The molecular weight excluding hydrogens is 242 g/mol. The van der Waals surface area contributed by atoms with Gasteiger partial charge in [0.1, 0.15) is 5.82 Å². The van der Waals surface area contributed by atoms with Crippen LogP contribution in [-0.4, -0.2) is 46.1 Å². The van der Waals surface area contributed by atoms with Crippen LogP contribution in [0.15, 0.2) is 12.1 Å². The maximum absolute atomic E-state index is 11.0. The average molecular weight is 261 g/mol. The van der Waals surface area contributed by atoms with E-state index >= 15 is 0 Å². The molecule has 2 N–H and O–H groups in total. The van der Waals surface area contributed by atoms with Crippen LogP contribution < -0.4 is 5.32 Å². The van der Waals surface area contributed by atoms with Gasteiger partial charge in [-0.1, -0.05) is 0 Å². The lowest BCUT2D eigenvalue weighted by Gasteiger charge is -2.16. The van der Waals surface area contributed by atoms with Gasteiger partial charge in [0, 0.05) is 30.9 Å². The topological polar surface area (TPSA) is 65.5 Å². The molecule has 5 nitrogen and oxygen atoms in total. The summed E-state index contributed by atoms with van der Waals surface area (Å²) in [5.41, 5.74) is 1.03. The molecule has 1 aliphatic heterocycles. The summed E-state index contributed by atoms with van der Waals surface area (Å²) in [7, 11) is 0. The van der Waals surface area contributed by atoms with Crippen molar-refractivity contribution >= 4 is 11.8 Å². The van der Waals surface area contributed by atoms with Crippen LogP contribution in [0.3, 0.4) is 0 Å². The molecule has 1 saturated carbocycles. The Labute approximate surface area is 112 Å². The Kier molecular flexibility index (Phi) is 3.14. The number of carbonyl (C=O) groups is 1. The molecule has 19 heavy (non-hydrogen) atoms. The van der Waals surface area contributed by atoms with Crippen LogP contribution in [-0.2, 0) is 0 Å². The lowest BCUT2D eigenvalue weighted by molar-refractivity contribution is 0.0696. The number of aromatic carboxylic acids is 1. The van der Waals surface area contributed by atoms with E-state index in [2.05, 4.69) is 15.2 Å². The number of aryl methyl sites for hydroxylation is 1. The van der Waals surface area contributed by atoms with Gasteiger partial charge in [-0.2, -0.15) is 0 Å². The number of likely N-dealkylation sites (tertiary alicyclic amines) is 1. The highest BCUT2D eigenvalue weighted by atomic mass is 16.4. The van der Waals surface area contributed by atoms with Crippen molar-refractivity contribution in [1.82, 2.24) is 9.88 Å². The molecule has 1 aliphatic carbocycles. The number of aromatic nitrogens is 1. The number of nitrogens with one attached hydrogen (secondary N) is 1. The number of anilines is 1. The third kappa shape index (κ3) is 2.87. The van der Waals surface area contributed by atoms with Crippen LogP contribution in [0.25, 0.3) is 0 Å². The van der Waals surface area contributed by atoms with Gasteiger partial charge in [-0.25, -0.2) is 9.78 Å². The predicted molar refractivity (Wildman–Crippen MR) is 72.6 cm³/mol. The van der Waals surface area contributed by atoms with Gasteiger partial charge in [-0.15, -0.1) is 0 Å². The lowest BCUT2D eigenvalue weighted by atomic mass is 10.2. The summed E-state index contributed by atoms with van der Waals surface area (Å²) in [4.78, 5) is 17.9. The minimum Gasteiger partial charge on any atom is -0.478 e. The second kappa shape index (κ2) is 4.81. The van der Waals surface area contributed by atoms with Crippen LogP contribution in [0.1, 0.15) is 35.3 Å². The Morgan fingerprint density at radius 1 is 1.42 bits per heavy atom. The molecule has 5 heteroatoms. The van der Waals surface area contributed by atoms with Crippen LogP contribution >= 0.6 is 0 Å². The van der Waals surface area contributed by atoms with E-state index in [9.17, 15) is 4.79 Å². The van der Waals surface area contributed by atoms with E-state index in [0.29, 0.717) is 17.4 Å². The van der Waals surface area contributed by atoms with Gasteiger partial charge in [0.25, 0.3) is 0 Å². The highest BCUT2D eigenvalue weighted by Crippen LogP contribution is 2.30. The van der Waals surface area contributed by atoms with E-state index in [4.69, 9.17) is 5.11 Å². The Morgan fingerprint density at radius 3 is 2.89 bits per heavy atom. The highest BCUT2D eigenvalue weighted by molar-refractivity contribution is 5.88. The van der Waals surface area contributed by atoms with Crippen LogP contribution in [0, 0.1) is 6.92 Å². The van der Waals surface area contributed by atoms with Gasteiger partial charge in [0.05, 0.1) is 5.56 Å². The first-order chi connectivity index (χ1) is 9.11. The summed E-state index contributed by atoms with van der Waals surface area (Å²) in [5.74, 6) is -0.223. The highest BCUT2D eigenvalue weighted by Gasteiger charge is 2.34. The molecule has 1 aromatic heterocycles. The molecule has 1 saturated heterocycles. The SMILES string of the molecule is Cc1cc(C(=O)O)cc(NC2CCN(C3CC3)C2)n1. The van der Waals surface area contributed by atoms with Gasteiger partial charge < -0.3 is 10.4 Å². The molecule has 1 aromatic rings. The van der Waals surface area contributed by atoms with Crippen molar-refractivity contribution in [3.63, 3.8) is 0 Å². The summed E-state index contributed by atoms with van der Waals surface area (Å²) in [5, 5.41) is 12.4. The Hall–Kier alpha value is -1.62. The van der Waals surface area contributed by atoms with Crippen molar-refractivity contribution in [3.05, 3.63) is 23.4 Å². The van der Waals surface area contributed by atoms with Crippen LogP contribution in [0.4, 0.5) is 5.82 Å². The fourth-order valence-corrected chi connectivity index (χ4v) is 2.75. The van der Waals surface area contributed by atoms with Gasteiger partial charge in [-0.05, 0) is 38.3 Å². The number of nitrogens with zero attached hydrogens (tertiary/aromatic N) is 2. The normalized spacial score (nSPS) is 23.5. The number of carboxylic acids is 1. The van der Waals surface area contributed by atoms with Gasteiger partial charge in [0.15, 0.2) is 0 Å². The monoisotopic (exact) mass is 261 g/mol. The van der Waals surface area contributed by atoms with Crippen molar-refractivity contribution in [3.8, 4) is 0 Å².